The van der Waals surface area contributed by atoms with E-state index in [1.165, 1.54) is 0 Å². The minimum atomic E-state index is -0.288. The Morgan fingerprint density at radius 1 is 1.64 bits per heavy atom. The van der Waals surface area contributed by atoms with Crippen LogP contribution in [0.2, 0.25) is 0 Å². The smallest absolute Gasteiger partial charge is 0.243 e. The van der Waals surface area contributed by atoms with Gasteiger partial charge in [-0.3, -0.25) is 14.9 Å². The molecule has 0 aromatic carbocycles. The summed E-state index contributed by atoms with van der Waals surface area (Å²) in [6.07, 6.45) is 2.58. The fourth-order valence-corrected chi connectivity index (χ4v) is 1.21. The van der Waals surface area contributed by atoms with Crippen molar-refractivity contribution in [3.8, 4) is 0 Å². The molecule has 0 saturated carbocycles. The van der Waals surface area contributed by atoms with Gasteiger partial charge >= 0.3 is 0 Å². The van der Waals surface area contributed by atoms with Gasteiger partial charge in [0.15, 0.2) is 0 Å². The van der Waals surface area contributed by atoms with Crippen molar-refractivity contribution in [1.82, 2.24) is 10.6 Å². The van der Waals surface area contributed by atoms with Crippen LogP contribution in [-0.4, -0.2) is 24.4 Å². The van der Waals surface area contributed by atoms with Gasteiger partial charge in [0.05, 0.1) is 6.04 Å². The Labute approximate surface area is 83.1 Å². The number of carbonyl (C=O) groups excluding carboxylic acids is 2. The standard InChI is InChI=1S/C10H14N2O2/c1-3-7(2)6-11-8-4-5-9(13)12-10(8)14/h3,8,11H,1-2,4-6H2,(H,12,13,14). The largest absolute Gasteiger partial charge is 0.302 e. The lowest BCUT2D eigenvalue weighted by Crippen LogP contribution is -2.50. The van der Waals surface area contributed by atoms with E-state index < -0.39 is 0 Å². The van der Waals surface area contributed by atoms with Crippen LogP contribution in [0.4, 0.5) is 0 Å². The van der Waals surface area contributed by atoms with Crippen LogP contribution in [0.15, 0.2) is 24.8 Å². The molecule has 0 aliphatic carbocycles. The molecule has 1 fully saturated rings. The highest BCUT2D eigenvalue weighted by atomic mass is 16.2. The normalized spacial score (nSPS) is 21.6. The fraction of sp³-hybridized carbons (Fsp3) is 0.400. The van der Waals surface area contributed by atoms with Gasteiger partial charge in [-0.05, 0) is 12.0 Å². The van der Waals surface area contributed by atoms with Crippen LogP contribution in [0.25, 0.3) is 0 Å². The zero-order chi connectivity index (χ0) is 10.6. The maximum Gasteiger partial charge on any atom is 0.243 e. The first-order valence-electron chi connectivity index (χ1n) is 4.50. The van der Waals surface area contributed by atoms with Gasteiger partial charge in [0.2, 0.25) is 11.8 Å². The minimum Gasteiger partial charge on any atom is -0.302 e. The molecule has 2 N–H and O–H groups in total. The zero-order valence-electron chi connectivity index (χ0n) is 8.01. The lowest BCUT2D eigenvalue weighted by atomic mass is 10.1. The molecule has 0 aromatic heterocycles. The summed E-state index contributed by atoms with van der Waals surface area (Å²) in [6, 6.07) is -0.288. The van der Waals surface area contributed by atoms with Crippen molar-refractivity contribution in [2.45, 2.75) is 18.9 Å². The first kappa shape index (κ1) is 10.7. The summed E-state index contributed by atoms with van der Waals surface area (Å²) in [7, 11) is 0. The predicted molar refractivity (Wildman–Crippen MR) is 53.5 cm³/mol. The van der Waals surface area contributed by atoms with E-state index in [4.69, 9.17) is 0 Å². The van der Waals surface area contributed by atoms with Crippen molar-refractivity contribution in [3.05, 3.63) is 24.8 Å². The molecular weight excluding hydrogens is 180 g/mol. The molecule has 4 nitrogen and oxygen atoms in total. The van der Waals surface area contributed by atoms with Crippen molar-refractivity contribution in [3.63, 3.8) is 0 Å². The van der Waals surface area contributed by atoms with E-state index >= 15 is 0 Å². The van der Waals surface area contributed by atoms with Gasteiger partial charge in [0, 0.05) is 13.0 Å². The third-order valence-electron chi connectivity index (χ3n) is 2.10. The van der Waals surface area contributed by atoms with Gasteiger partial charge in [-0.15, -0.1) is 0 Å². The molecule has 0 aromatic rings. The second-order valence-electron chi connectivity index (χ2n) is 3.25. The Balaban J connectivity index is 2.38. The molecule has 1 aliphatic rings. The van der Waals surface area contributed by atoms with Crippen LogP contribution >= 0.6 is 0 Å². The molecule has 76 valence electrons. The average molecular weight is 194 g/mol. The lowest BCUT2D eigenvalue weighted by molar-refractivity contribution is -0.134. The fourth-order valence-electron chi connectivity index (χ4n) is 1.21. The third-order valence-corrected chi connectivity index (χ3v) is 2.10. The second kappa shape index (κ2) is 4.72. The second-order valence-corrected chi connectivity index (χ2v) is 3.25. The van der Waals surface area contributed by atoms with Crippen molar-refractivity contribution < 1.29 is 9.59 Å². The summed E-state index contributed by atoms with van der Waals surface area (Å²) < 4.78 is 0. The SMILES string of the molecule is C=CC(=C)CNC1CCC(=O)NC1=O. The molecule has 0 radical (unpaired) electrons. The van der Waals surface area contributed by atoms with Crippen LogP contribution in [0.5, 0.6) is 0 Å². The van der Waals surface area contributed by atoms with Gasteiger partial charge in [-0.25, -0.2) is 0 Å². The van der Waals surface area contributed by atoms with Crippen LogP contribution in [0, 0.1) is 0 Å². The Hall–Kier alpha value is -1.42. The van der Waals surface area contributed by atoms with Crippen LogP contribution in [0.3, 0.4) is 0 Å². The number of imide groups is 1. The van der Waals surface area contributed by atoms with Gasteiger partial charge in [0.25, 0.3) is 0 Å². The summed E-state index contributed by atoms with van der Waals surface area (Å²) in [4.78, 5) is 22.1. The highest BCUT2D eigenvalue weighted by Gasteiger charge is 2.25. The zero-order valence-corrected chi connectivity index (χ0v) is 8.01. The summed E-state index contributed by atoms with van der Waals surface area (Å²) >= 11 is 0. The van der Waals surface area contributed by atoms with Gasteiger partial charge in [-0.1, -0.05) is 19.2 Å². The van der Waals surface area contributed by atoms with Gasteiger partial charge in [0.1, 0.15) is 0 Å². The third kappa shape index (κ3) is 2.81. The molecule has 0 bridgehead atoms. The lowest BCUT2D eigenvalue weighted by Gasteiger charge is -2.21. The number of hydrogen-bond donors (Lipinski definition) is 2. The first-order chi connectivity index (χ1) is 6.63. The van der Waals surface area contributed by atoms with Gasteiger partial charge in [-0.2, -0.15) is 0 Å². The summed E-state index contributed by atoms with van der Waals surface area (Å²) in [5.74, 6) is -0.450. The molecule has 14 heavy (non-hydrogen) atoms. The number of piperidine rings is 1. The number of hydrogen-bond acceptors (Lipinski definition) is 3. The Kier molecular flexibility index (Phi) is 3.59. The summed E-state index contributed by atoms with van der Waals surface area (Å²) in [5, 5.41) is 5.28. The molecule has 1 unspecified atom stereocenters. The number of amides is 2. The van der Waals surface area contributed by atoms with Crippen LogP contribution in [0.1, 0.15) is 12.8 Å². The summed E-state index contributed by atoms with van der Waals surface area (Å²) in [5.41, 5.74) is 0.828. The Morgan fingerprint density at radius 3 is 2.93 bits per heavy atom. The van der Waals surface area contributed by atoms with E-state index in [9.17, 15) is 9.59 Å². The van der Waals surface area contributed by atoms with Crippen molar-refractivity contribution >= 4 is 11.8 Å². The number of nitrogens with one attached hydrogen (secondary N) is 2. The average Bonchev–Trinajstić information content (AvgIpc) is 2.16. The van der Waals surface area contributed by atoms with E-state index in [1.807, 2.05) is 0 Å². The topological polar surface area (TPSA) is 58.2 Å². The van der Waals surface area contributed by atoms with Gasteiger partial charge < -0.3 is 5.32 Å². The highest BCUT2D eigenvalue weighted by Crippen LogP contribution is 2.04. The Bertz CT molecular complexity index is 284. The number of carbonyl (C=O) groups is 2. The van der Waals surface area contributed by atoms with Crippen LogP contribution < -0.4 is 10.6 Å². The first-order valence-corrected chi connectivity index (χ1v) is 4.50. The molecule has 1 rings (SSSR count). The quantitative estimate of drug-likeness (QED) is 0.494. The van der Waals surface area contributed by atoms with E-state index in [2.05, 4.69) is 23.8 Å². The molecule has 1 saturated heterocycles. The van der Waals surface area contributed by atoms with E-state index in [0.29, 0.717) is 19.4 Å². The monoisotopic (exact) mass is 194 g/mol. The van der Waals surface area contributed by atoms with Crippen molar-refractivity contribution in [2.75, 3.05) is 6.54 Å². The minimum absolute atomic E-state index is 0.199. The highest BCUT2D eigenvalue weighted by molar-refractivity contribution is 6.00. The molecule has 1 heterocycles. The molecule has 0 spiro atoms. The summed E-state index contributed by atoms with van der Waals surface area (Å²) in [6.45, 7) is 7.80. The molecule has 2 amide bonds. The predicted octanol–water partition coefficient (Wildman–Crippen LogP) is 0.123. The van der Waals surface area contributed by atoms with E-state index in [1.54, 1.807) is 6.08 Å². The molecular formula is C10H14N2O2. The van der Waals surface area contributed by atoms with E-state index in [-0.39, 0.29) is 17.9 Å². The van der Waals surface area contributed by atoms with Crippen molar-refractivity contribution in [2.24, 2.45) is 0 Å². The molecule has 1 aliphatic heterocycles. The molecule has 1 atom stereocenters. The maximum absolute atomic E-state index is 11.3. The van der Waals surface area contributed by atoms with E-state index in [0.717, 1.165) is 5.57 Å². The Morgan fingerprint density at radius 2 is 2.36 bits per heavy atom. The maximum atomic E-state index is 11.3. The van der Waals surface area contributed by atoms with Crippen LogP contribution in [-0.2, 0) is 9.59 Å². The van der Waals surface area contributed by atoms with Crippen molar-refractivity contribution in [1.29, 1.82) is 0 Å². The molecule has 4 heteroatoms. The number of rotatable bonds is 4.